The number of nitrogens with zero attached hydrogens (tertiary/aromatic N) is 1. The van der Waals surface area contributed by atoms with E-state index in [2.05, 4.69) is 0 Å². The van der Waals surface area contributed by atoms with Crippen LogP contribution in [-0.2, 0) is 4.74 Å². The lowest BCUT2D eigenvalue weighted by Gasteiger charge is -2.28. The van der Waals surface area contributed by atoms with Gasteiger partial charge < -0.3 is 9.64 Å². The number of hydrogen-bond acceptors (Lipinski definition) is 2. The zero-order chi connectivity index (χ0) is 9.64. The van der Waals surface area contributed by atoms with Crippen LogP contribution in [0.5, 0.6) is 0 Å². The largest absolute Gasteiger partial charge is 0.444 e. The van der Waals surface area contributed by atoms with Gasteiger partial charge in [-0.3, -0.25) is 0 Å². The summed E-state index contributed by atoms with van der Waals surface area (Å²) in [7, 11) is 0. The molecule has 0 aromatic rings. The van der Waals surface area contributed by atoms with E-state index in [9.17, 15) is 4.79 Å². The molecular weight excluding hydrogens is 166 g/mol. The summed E-state index contributed by atoms with van der Waals surface area (Å²) in [5, 5.41) is 0. The first kappa shape index (κ1) is 8.85. The van der Waals surface area contributed by atoms with Crippen molar-refractivity contribution in [3.05, 3.63) is 0 Å². The lowest BCUT2D eigenvalue weighted by atomic mass is 9.86. The Labute approximate surface area is 79.0 Å². The van der Waals surface area contributed by atoms with Crippen LogP contribution in [0.2, 0.25) is 0 Å². The Bertz CT molecular complexity index is 226. The van der Waals surface area contributed by atoms with Crippen molar-refractivity contribution in [1.29, 1.82) is 0 Å². The number of hydrogen-bond donors (Lipinski definition) is 0. The molecule has 3 nitrogen and oxygen atoms in total. The summed E-state index contributed by atoms with van der Waals surface area (Å²) >= 11 is 0. The number of ether oxygens (including phenoxy) is 1. The maximum atomic E-state index is 11.6. The van der Waals surface area contributed by atoms with Gasteiger partial charge >= 0.3 is 6.09 Å². The molecule has 3 aliphatic rings. The Morgan fingerprint density at radius 1 is 1.38 bits per heavy atom. The van der Waals surface area contributed by atoms with Gasteiger partial charge in [-0.1, -0.05) is 0 Å². The third-order valence-corrected chi connectivity index (χ3v) is 2.73. The number of rotatable bonds is 0. The second-order valence-corrected chi connectivity index (χ2v) is 5.12. The van der Waals surface area contributed by atoms with Crippen LogP contribution in [-0.4, -0.2) is 29.2 Å². The van der Waals surface area contributed by atoms with Crippen molar-refractivity contribution in [2.24, 2.45) is 5.92 Å². The van der Waals surface area contributed by atoms with Crippen molar-refractivity contribution in [1.82, 2.24) is 4.90 Å². The highest BCUT2D eigenvalue weighted by molar-refractivity contribution is 5.69. The molecule has 74 valence electrons. The maximum Gasteiger partial charge on any atom is 0.410 e. The number of carbonyl (C=O) groups excluding carboxylic acids is 1. The summed E-state index contributed by atoms with van der Waals surface area (Å²) in [5.74, 6) is 0.762. The Morgan fingerprint density at radius 3 is 2.38 bits per heavy atom. The SMILES string of the molecule is CC(C)(C)OC(=O)N1CC2CC1C2. The molecule has 0 atom stereocenters. The molecule has 0 radical (unpaired) electrons. The molecule has 1 saturated carbocycles. The molecular formula is C10H17NO2. The van der Waals surface area contributed by atoms with E-state index in [-0.39, 0.29) is 11.7 Å². The van der Waals surface area contributed by atoms with Crippen molar-refractivity contribution < 1.29 is 9.53 Å². The third kappa shape index (κ3) is 1.64. The molecule has 0 unspecified atom stereocenters. The Hall–Kier alpha value is -0.730. The standard InChI is InChI=1S/C10H17NO2/c1-10(2,3)13-9(12)11-6-7-4-8(11)5-7/h7-8H,4-6H2,1-3H3. The molecule has 3 heteroatoms. The first-order valence-corrected chi connectivity index (χ1v) is 4.95. The molecule has 0 N–H and O–H groups in total. The average molecular weight is 183 g/mol. The average Bonchev–Trinajstić information content (AvgIpc) is 2.34. The molecule has 1 aliphatic carbocycles. The van der Waals surface area contributed by atoms with Crippen molar-refractivity contribution in [2.45, 2.75) is 45.3 Å². The summed E-state index contributed by atoms with van der Waals surface area (Å²) in [6.45, 7) is 6.64. The van der Waals surface area contributed by atoms with E-state index in [1.165, 1.54) is 12.8 Å². The predicted molar refractivity (Wildman–Crippen MR) is 49.5 cm³/mol. The fraction of sp³-hybridized carbons (Fsp3) is 0.900. The van der Waals surface area contributed by atoms with E-state index in [0.717, 1.165) is 12.5 Å². The van der Waals surface area contributed by atoms with Crippen LogP contribution < -0.4 is 0 Å². The molecule has 0 aromatic carbocycles. The van der Waals surface area contributed by atoms with Gasteiger partial charge in [0.2, 0.25) is 0 Å². The van der Waals surface area contributed by atoms with Gasteiger partial charge in [-0.2, -0.15) is 0 Å². The Morgan fingerprint density at radius 2 is 2.00 bits per heavy atom. The van der Waals surface area contributed by atoms with Crippen molar-refractivity contribution >= 4 is 6.09 Å². The summed E-state index contributed by atoms with van der Waals surface area (Å²) in [5.41, 5.74) is -0.357. The van der Waals surface area contributed by atoms with Crippen LogP contribution in [0, 0.1) is 5.92 Å². The van der Waals surface area contributed by atoms with Gasteiger partial charge in [0.1, 0.15) is 5.60 Å². The normalized spacial score (nSPS) is 31.5. The molecule has 2 saturated heterocycles. The molecule has 2 bridgehead atoms. The lowest BCUT2D eigenvalue weighted by Crippen LogP contribution is -2.38. The zero-order valence-corrected chi connectivity index (χ0v) is 8.54. The van der Waals surface area contributed by atoms with Gasteiger partial charge in [-0.15, -0.1) is 0 Å². The fourth-order valence-electron chi connectivity index (χ4n) is 2.08. The second-order valence-electron chi connectivity index (χ2n) is 5.12. The van der Waals surface area contributed by atoms with E-state index in [1.807, 2.05) is 25.7 Å². The topological polar surface area (TPSA) is 29.5 Å². The second kappa shape index (κ2) is 2.63. The first-order chi connectivity index (χ1) is 5.96. The van der Waals surface area contributed by atoms with Gasteiger partial charge in [-0.25, -0.2) is 4.79 Å². The van der Waals surface area contributed by atoms with Gasteiger partial charge in [0.15, 0.2) is 0 Å². The van der Waals surface area contributed by atoms with Gasteiger partial charge in [0.05, 0.1) is 0 Å². The van der Waals surface area contributed by atoms with E-state index < -0.39 is 0 Å². The number of fused-ring (bicyclic) bond motifs is 1. The van der Waals surface area contributed by atoms with Crippen LogP contribution in [0.25, 0.3) is 0 Å². The predicted octanol–water partition coefficient (Wildman–Crippen LogP) is 2.02. The highest BCUT2D eigenvalue weighted by atomic mass is 16.6. The fourth-order valence-corrected chi connectivity index (χ4v) is 2.08. The third-order valence-electron chi connectivity index (χ3n) is 2.73. The molecule has 2 heterocycles. The number of carbonyl (C=O) groups is 1. The van der Waals surface area contributed by atoms with Crippen LogP contribution >= 0.6 is 0 Å². The van der Waals surface area contributed by atoms with Crippen LogP contribution in [0.15, 0.2) is 0 Å². The van der Waals surface area contributed by atoms with Crippen LogP contribution in [0.1, 0.15) is 33.6 Å². The molecule has 3 fully saturated rings. The maximum absolute atomic E-state index is 11.6. The monoisotopic (exact) mass is 183 g/mol. The van der Waals surface area contributed by atoms with Crippen LogP contribution in [0.4, 0.5) is 4.79 Å². The van der Waals surface area contributed by atoms with Crippen molar-refractivity contribution in [3.63, 3.8) is 0 Å². The van der Waals surface area contributed by atoms with Gasteiger partial charge in [0, 0.05) is 12.6 Å². The van der Waals surface area contributed by atoms with E-state index >= 15 is 0 Å². The Balaban J connectivity index is 1.91. The van der Waals surface area contributed by atoms with E-state index in [1.54, 1.807) is 0 Å². The molecule has 13 heavy (non-hydrogen) atoms. The summed E-state index contributed by atoms with van der Waals surface area (Å²) in [6, 6.07) is 0.486. The minimum Gasteiger partial charge on any atom is -0.444 e. The molecule has 0 spiro atoms. The molecule has 2 aliphatic heterocycles. The van der Waals surface area contributed by atoms with E-state index in [0.29, 0.717) is 6.04 Å². The highest BCUT2D eigenvalue weighted by Gasteiger charge is 2.46. The number of amides is 1. The lowest BCUT2D eigenvalue weighted by molar-refractivity contribution is 0.0246. The molecule has 0 aromatic heterocycles. The van der Waals surface area contributed by atoms with Gasteiger partial charge in [0.25, 0.3) is 0 Å². The van der Waals surface area contributed by atoms with Crippen molar-refractivity contribution in [3.8, 4) is 0 Å². The van der Waals surface area contributed by atoms with E-state index in [4.69, 9.17) is 4.74 Å². The minimum atomic E-state index is -0.357. The van der Waals surface area contributed by atoms with Crippen LogP contribution in [0.3, 0.4) is 0 Å². The minimum absolute atomic E-state index is 0.127. The Kier molecular flexibility index (Phi) is 1.79. The summed E-state index contributed by atoms with van der Waals surface area (Å²) in [6.07, 6.45) is 2.26. The zero-order valence-electron chi connectivity index (χ0n) is 8.54. The first-order valence-electron chi connectivity index (χ1n) is 4.95. The smallest absolute Gasteiger partial charge is 0.410 e. The quantitative estimate of drug-likeness (QED) is 0.575. The molecule has 3 rings (SSSR count). The summed E-state index contributed by atoms with van der Waals surface area (Å²) in [4.78, 5) is 13.5. The van der Waals surface area contributed by atoms with Gasteiger partial charge in [-0.05, 0) is 39.5 Å². The highest BCUT2D eigenvalue weighted by Crippen LogP contribution is 2.41. The molecule has 1 amide bonds. The van der Waals surface area contributed by atoms with Crippen molar-refractivity contribution in [2.75, 3.05) is 6.54 Å². The summed E-state index contributed by atoms with van der Waals surface area (Å²) < 4.78 is 5.31.